The number of unbranched alkanes of at least 4 members (excludes halogenated alkanes) is 15. The number of aliphatic hydroxyl groups is 5. The maximum absolute atomic E-state index is 12.9. The molecule has 50 heavy (non-hydrogen) atoms. The first-order valence-electron chi connectivity index (χ1n) is 18.8. The van der Waals surface area contributed by atoms with Gasteiger partial charge in [0.05, 0.1) is 25.4 Å². The second kappa shape index (κ2) is 28.1. The van der Waals surface area contributed by atoms with Crippen molar-refractivity contribution >= 4 is 16.3 Å². The Balaban J connectivity index is 2.65. The topological polar surface area (TPSA) is 212 Å². The van der Waals surface area contributed by atoms with Crippen molar-refractivity contribution in [2.45, 2.75) is 185 Å². The molecule has 1 amide bonds. The highest BCUT2D eigenvalue weighted by Gasteiger charge is 2.48. The van der Waals surface area contributed by atoms with E-state index in [0.29, 0.717) is 12.8 Å². The van der Waals surface area contributed by atoms with Crippen molar-refractivity contribution in [1.29, 1.82) is 0 Å². The smallest absolute Gasteiger partial charge is 0.394 e. The van der Waals surface area contributed by atoms with E-state index in [-0.39, 0.29) is 6.42 Å². The van der Waals surface area contributed by atoms with E-state index in [4.69, 9.17) is 14.0 Å². The Hall–Kier alpha value is -1.46. The minimum absolute atomic E-state index is 0.239. The number of nitrogens with one attached hydrogen (secondary N) is 1. The third-order valence-corrected chi connectivity index (χ3v) is 9.29. The minimum atomic E-state index is -5.11. The van der Waals surface area contributed by atoms with Crippen molar-refractivity contribution in [3.05, 3.63) is 24.3 Å². The Morgan fingerprint density at radius 2 is 1.34 bits per heavy atom. The first kappa shape index (κ1) is 46.6. The van der Waals surface area contributed by atoms with E-state index in [1.165, 1.54) is 70.3 Å². The van der Waals surface area contributed by atoms with Crippen LogP contribution in [0.4, 0.5) is 0 Å². The molecule has 0 aromatic heterocycles. The second-order valence-electron chi connectivity index (χ2n) is 13.3. The van der Waals surface area contributed by atoms with Crippen LogP contribution >= 0.6 is 0 Å². The number of carbonyl (C=O) groups excluding carboxylic acids is 1. The first-order chi connectivity index (χ1) is 23.9. The van der Waals surface area contributed by atoms with Gasteiger partial charge in [-0.1, -0.05) is 134 Å². The average molecular weight is 738 g/mol. The highest BCUT2D eigenvalue weighted by atomic mass is 32.3. The zero-order valence-corrected chi connectivity index (χ0v) is 31.1. The maximum Gasteiger partial charge on any atom is 0.397 e. The number of carbonyl (C=O) groups is 1. The summed E-state index contributed by atoms with van der Waals surface area (Å²) in [5.74, 6) is -0.718. The molecule has 1 aliphatic heterocycles. The molecule has 0 spiro atoms. The van der Waals surface area contributed by atoms with Crippen LogP contribution < -0.4 is 5.32 Å². The fourth-order valence-electron chi connectivity index (χ4n) is 5.78. The van der Waals surface area contributed by atoms with E-state index in [0.717, 1.165) is 38.5 Å². The van der Waals surface area contributed by atoms with Crippen LogP contribution in [0.2, 0.25) is 0 Å². The Morgan fingerprint density at radius 1 is 0.800 bits per heavy atom. The van der Waals surface area contributed by atoms with Gasteiger partial charge < -0.3 is 40.3 Å². The summed E-state index contributed by atoms with van der Waals surface area (Å²) < 4.78 is 47.1. The Kier molecular flexibility index (Phi) is 26.2. The number of hydrogen-bond donors (Lipinski definition) is 7. The van der Waals surface area contributed by atoms with E-state index in [9.17, 15) is 38.7 Å². The molecule has 8 unspecified atom stereocenters. The van der Waals surface area contributed by atoms with Gasteiger partial charge in [0, 0.05) is 0 Å². The predicted octanol–water partition coefficient (Wildman–Crippen LogP) is 4.40. The fourth-order valence-corrected chi connectivity index (χ4v) is 6.28. The summed E-state index contributed by atoms with van der Waals surface area (Å²) in [6.45, 7) is 3.03. The lowest BCUT2D eigenvalue weighted by atomic mass is 9.99. The molecule has 1 saturated heterocycles. The van der Waals surface area contributed by atoms with Gasteiger partial charge in [0.2, 0.25) is 5.91 Å². The minimum Gasteiger partial charge on any atom is -0.394 e. The molecule has 7 N–H and O–H groups in total. The monoisotopic (exact) mass is 737 g/mol. The summed E-state index contributed by atoms with van der Waals surface area (Å²) in [6, 6.07) is -1.13. The molecule has 1 aliphatic rings. The molecule has 14 heteroatoms. The first-order valence-corrected chi connectivity index (χ1v) is 20.2. The Labute approximate surface area is 300 Å². The van der Waals surface area contributed by atoms with Crippen LogP contribution in [0, 0.1) is 0 Å². The van der Waals surface area contributed by atoms with Gasteiger partial charge in [-0.25, -0.2) is 4.18 Å². The summed E-state index contributed by atoms with van der Waals surface area (Å²) >= 11 is 0. The van der Waals surface area contributed by atoms with Crippen LogP contribution in [0.3, 0.4) is 0 Å². The molecule has 0 aromatic carbocycles. The Bertz CT molecular complexity index is 1030. The van der Waals surface area contributed by atoms with Crippen molar-refractivity contribution in [1.82, 2.24) is 5.32 Å². The molecule has 0 aliphatic carbocycles. The van der Waals surface area contributed by atoms with E-state index in [2.05, 4.69) is 29.4 Å². The predicted molar refractivity (Wildman–Crippen MR) is 191 cm³/mol. The van der Waals surface area contributed by atoms with Crippen LogP contribution in [0.1, 0.15) is 136 Å². The van der Waals surface area contributed by atoms with Crippen LogP contribution in [0.15, 0.2) is 24.3 Å². The molecule has 0 bridgehead atoms. The standard InChI is InChI=1S/C36H67NO12S/c1-3-5-7-9-11-12-13-14-15-16-17-19-21-23-25-30(40)35(43)37-28(29(39)24-22-20-18-10-8-6-4-2)27-47-36-33(42)34(49-50(44,45)46)32(41)31(26-38)48-36/h8,10,22,24,28-34,36,38-42H,3-7,9,11-21,23,25-27H2,1-2H3,(H,37,43)(H,44,45,46)/b10-8+,24-22+. The lowest BCUT2D eigenvalue weighted by Crippen LogP contribution is -2.61. The SMILES string of the molecule is CCC/C=C/CC/C=C/C(O)C(COC1OC(CO)C(O)C(OS(=O)(=O)O)C1O)NC(=O)C(O)CCCCCCCCCCCCCCCC. The van der Waals surface area contributed by atoms with Gasteiger partial charge in [-0.3, -0.25) is 9.35 Å². The van der Waals surface area contributed by atoms with E-state index >= 15 is 0 Å². The van der Waals surface area contributed by atoms with Crippen molar-refractivity contribution in [2.75, 3.05) is 13.2 Å². The third kappa shape index (κ3) is 21.2. The lowest BCUT2D eigenvalue weighted by molar-refractivity contribution is -0.298. The molecule has 0 saturated carbocycles. The number of allylic oxidation sites excluding steroid dienone is 3. The van der Waals surface area contributed by atoms with Gasteiger partial charge in [-0.05, 0) is 25.7 Å². The van der Waals surface area contributed by atoms with Crippen LogP contribution in [-0.2, 0) is 28.9 Å². The summed E-state index contributed by atoms with van der Waals surface area (Å²) in [5.41, 5.74) is 0. The molecule has 13 nitrogen and oxygen atoms in total. The molecule has 1 rings (SSSR count). The summed E-state index contributed by atoms with van der Waals surface area (Å²) in [7, 11) is -5.11. The maximum atomic E-state index is 12.9. The van der Waals surface area contributed by atoms with Crippen molar-refractivity contribution in [2.24, 2.45) is 0 Å². The number of hydrogen-bond acceptors (Lipinski definition) is 11. The number of ether oxygens (including phenoxy) is 2. The van der Waals surface area contributed by atoms with E-state index < -0.39 is 78.5 Å². The van der Waals surface area contributed by atoms with Crippen molar-refractivity contribution < 1.29 is 57.0 Å². The number of amides is 1. The largest absolute Gasteiger partial charge is 0.397 e. The van der Waals surface area contributed by atoms with Crippen LogP contribution in [0.5, 0.6) is 0 Å². The molecule has 1 heterocycles. The summed E-state index contributed by atoms with van der Waals surface area (Å²) in [5, 5.41) is 54.6. The second-order valence-corrected chi connectivity index (χ2v) is 14.3. The van der Waals surface area contributed by atoms with Crippen molar-refractivity contribution in [3.8, 4) is 0 Å². The highest BCUT2D eigenvalue weighted by molar-refractivity contribution is 7.80. The van der Waals surface area contributed by atoms with Gasteiger partial charge in [0.25, 0.3) is 0 Å². The third-order valence-electron chi connectivity index (χ3n) is 8.82. The molecule has 0 radical (unpaired) electrons. The summed E-state index contributed by atoms with van der Waals surface area (Å²) in [4.78, 5) is 12.9. The zero-order chi connectivity index (χ0) is 37.2. The van der Waals surface area contributed by atoms with E-state index in [1.54, 1.807) is 6.08 Å². The van der Waals surface area contributed by atoms with Gasteiger partial charge in [0.15, 0.2) is 6.29 Å². The fraction of sp³-hybridized carbons (Fsp3) is 0.861. The van der Waals surface area contributed by atoms with Crippen LogP contribution in [0.25, 0.3) is 0 Å². The molecular weight excluding hydrogens is 670 g/mol. The zero-order valence-electron chi connectivity index (χ0n) is 30.3. The van der Waals surface area contributed by atoms with Gasteiger partial charge in [-0.15, -0.1) is 0 Å². The highest BCUT2D eigenvalue weighted by Crippen LogP contribution is 2.26. The molecule has 8 atom stereocenters. The van der Waals surface area contributed by atoms with Crippen LogP contribution in [-0.4, -0.2) is 107 Å². The quantitative estimate of drug-likeness (QED) is 0.0311. The molecule has 1 fully saturated rings. The summed E-state index contributed by atoms with van der Waals surface area (Å²) in [6.07, 6.45) is 16.1. The van der Waals surface area contributed by atoms with Gasteiger partial charge in [-0.2, -0.15) is 8.42 Å². The molecular formula is C36H67NO12S. The van der Waals surface area contributed by atoms with E-state index in [1.807, 2.05) is 6.08 Å². The van der Waals surface area contributed by atoms with Gasteiger partial charge in [0.1, 0.15) is 30.5 Å². The Morgan fingerprint density at radius 3 is 1.88 bits per heavy atom. The lowest BCUT2D eigenvalue weighted by Gasteiger charge is -2.41. The molecule has 294 valence electrons. The average Bonchev–Trinajstić information content (AvgIpc) is 3.08. The van der Waals surface area contributed by atoms with Crippen molar-refractivity contribution in [3.63, 3.8) is 0 Å². The normalized spacial score (nSPS) is 23.4. The van der Waals surface area contributed by atoms with Gasteiger partial charge >= 0.3 is 10.4 Å². The number of rotatable bonds is 30. The number of aliphatic hydroxyl groups excluding tert-OH is 5. The molecule has 0 aromatic rings.